The first-order chi connectivity index (χ1) is 21.2. The van der Waals surface area contributed by atoms with Gasteiger partial charge in [-0.1, -0.05) is 64.1 Å². The molecule has 3 heterocycles. The second-order valence-electron chi connectivity index (χ2n) is 12.4. The Labute approximate surface area is 260 Å². The van der Waals surface area contributed by atoms with E-state index in [-0.39, 0.29) is 36.1 Å². The number of esters is 1. The Morgan fingerprint density at radius 1 is 1.24 bits per heavy atom. The molecule has 13 nitrogen and oxygen atoms in total. The fourth-order valence-corrected chi connectivity index (χ4v) is 6.60. The summed E-state index contributed by atoms with van der Waals surface area (Å²) in [6.45, 7) is 8.41. The van der Waals surface area contributed by atoms with Crippen LogP contribution in [0.25, 0.3) is 21.9 Å². The second kappa shape index (κ2) is 12.5. The highest BCUT2D eigenvalue weighted by Crippen LogP contribution is 2.50. The predicted octanol–water partition coefficient (Wildman–Crippen LogP) is 5.60. The number of rotatable bonds is 11. The standard InChI is InChI=1S/C30H39FN7O6P/c1-18-14-30(31,43-26(18)38-17-34-23-24(33-6)35-28(32)36-25(23)38)16-42-45(40,37-19(2)27(39)41-15-29(3,4)5)44-22-13-9-11-20-10-7-8-12-21(20)22/h7-13,17-19,26H,14-16H2,1-6H3,(H,37,40)(H3,32,33,35,36)/t18-,19-,26+,30-,45?/m0/s1. The molecular weight excluding hydrogens is 604 g/mol. The Balaban J connectivity index is 1.38. The molecule has 2 aromatic carbocycles. The lowest BCUT2D eigenvalue weighted by Crippen LogP contribution is -2.38. The number of ether oxygens (including phenoxy) is 2. The Bertz CT molecular complexity index is 1740. The quantitative estimate of drug-likeness (QED) is 0.137. The van der Waals surface area contributed by atoms with Gasteiger partial charge < -0.3 is 25.0 Å². The number of hydrogen-bond donors (Lipinski definition) is 3. The van der Waals surface area contributed by atoms with Crippen molar-refractivity contribution in [3.63, 3.8) is 0 Å². The van der Waals surface area contributed by atoms with E-state index in [0.717, 1.165) is 5.39 Å². The maximum atomic E-state index is 16.4. The first-order valence-electron chi connectivity index (χ1n) is 14.6. The number of alkyl halides is 1. The van der Waals surface area contributed by atoms with Crippen LogP contribution in [0.2, 0.25) is 0 Å². The molecule has 1 aliphatic heterocycles. The summed E-state index contributed by atoms with van der Waals surface area (Å²) in [5.74, 6) is -2.74. The summed E-state index contributed by atoms with van der Waals surface area (Å²) in [7, 11) is -2.73. The maximum absolute atomic E-state index is 16.4. The Kier molecular flexibility index (Phi) is 9.05. The number of nitrogens with one attached hydrogen (secondary N) is 2. The van der Waals surface area contributed by atoms with E-state index in [0.29, 0.717) is 22.4 Å². The number of hydrogen-bond acceptors (Lipinski definition) is 11. The molecule has 45 heavy (non-hydrogen) atoms. The molecular formula is C30H39FN7O6P. The third-order valence-electron chi connectivity index (χ3n) is 7.17. The zero-order chi connectivity index (χ0) is 32.6. The number of anilines is 2. The number of fused-ring (bicyclic) bond motifs is 2. The van der Waals surface area contributed by atoms with Gasteiger partial charge in [-0.05, 0) is 23.8 Å². The van der Waals surface area contributed by atoms with E-state index in [1.807, 2.05) is 45.0 Å². The van der Waals surface area contributed by atoms with Crippen molar-refractivity contribution in [2.45, 2.75) is 59.2 Å². The van der Waals surface area contributed by atoms with E-state index in [4.69, 9.17) is 24.3 Å². The van der Waals surface area contributed by atoms with Crippen LogP contribution in [0.1, 0.15) is 47.3 Å². The average Bonchev–Trinajstić information content (AvgIpc) is 3.53. The maximum Gasteiger partial charge on any atom is 0.459 e. The Hall–Kier alpha value is -3.84. The minimum Gasteiger partial charge on any atom is -0.464 e. The number of halogens is 1. The van der Waals surface area contributed by atoms with E-state index < -0.39 is 38.4 Å². The van der Waals surface area contributed by atoms with Gasteiger partial charge in [0.1, 0.15) is 24.6 Å². The molecule has 0 aliphatic carbocycles. The third-order valence-corrected chi connectivity index (χ3v) is 8.78. The van der Waals surface area contributed by atoms with E-state index in [1.54, 1.807) is 36.7 Å². The third kappa shape index (κ3) is 7.36. The van der Waals surface area contributed by atoms with Crippen LogP contribution in [0.5, 0.6) is 5.75 Å². The molecule has 1 aliphatic rings. The summed E-state index contributed by atoms with van der Waals surface area (Å²) in [4.78, 5) is 25.6. The van der Waals surface area contributed by atoms with Crippen molar-refractivity contribution in [1.82, 2.24) is 24.6 Å². The van der Waals surface area contributed by atoms with Crippen molar-refractivity contribution in [1.29, 1.82) is 0 Å². The number of nitrogen functional groups attached to an aromatic ring is 1. The van der Waals surface area contributed by atoms with Crippen LogP contribution >= 0.6 is 7.75 Å². The van der Waals surface area contributed by atoms with E-state index in [9.17, 15) is 9.36 Å². The van der Waals surface area contributed by atoms with Gasteiger partial charge in [-0.3, -0.25) is 13.9 Å². The molecule has 0 radical (unpaired) electrons. The lowest BCUT2D eigenvalue weighted by atomic mass is 9.99. The van der Waals surface area contributed by atoms with Crippen molar-refractivity contribution < 1.29 is 32.3 Å². The lowest BCUT2D eigenvalue weighted by Gasteiger charge is -2.27. The second-order valence-corrected chi connectivity index (χ2v) is 14.1. The van der Waals surface area contributed by atoms with Gasteiger partial charge in [0, 0.05) is 24.8 Å². The number of carbonyl (C=O) groups excluding carboxylic acids is 1. The minimum atomic E-state index is -4.41. The van der Waals surface area contributed by atoms with Crippen molar-refractivity contribution in [2.75, 3.05) is 31.3 Å². The van der Waals surface area contributed by atoms with E-state index in [2.05, 4.69) is 25.4 Å². The predicted molar refractivity (Wildman–Crippen MR) is 168 cm³/mol. The zero-order valence-electron chi connectivity index (χ0n) is 26.1. The minimum absolute atomic E-state index is 0.0156. The van der Waals surface area contributed by atoms with Crippen LogP contribution in [0.4, 0.5) is 16.2 Å². The smallest absolute Gasteiger partial charge is 0.459 e. The number of nitrogens with zero attached hydrogens (tertiary/aromatic N) is 4. The van der Waals surface area contributed by atoms with Gasteiger partial charge in [-0.25, -0.2) is 13.9 Å². The number of nitrogens with two attached hydrogens (primary N) is 1. The summed E-state index contributed by atoms with van der Waals surface area (Å²) >= 11 is 0. The Morgan fingerprint density at radius 3 is 2.71 bits per heavy atom. The van der Waals surface area contributed by atoms with Crippen LogP contribution < -0.4 is 20.7 Å². The molecule has 5 rings (SSSR count). The first kappa shape index (κ1) is 32.6. The van der Waals surface area contributed by atoms with Gasteiger partial charge in [0.25, 0.3) is 0 Å². The Morgan fingerprint density at radius 2 is 1.98 bits per heavy atom. The fraction of sp³-hybridized carbons (Fsp3) is 0.467. The highest BCUT2D eigenvalue weighted by atomic mass is 31.2. The zero-order valence-corrected chi connectivity index (χ0v) is 27.0. The van der Waals surface area contributed by atoms with Crippen molar-refractivity contribution >= 4 is 47.4 Å². The van der Waals surface area contributed by atoms with Crippen LogP contribution in [0.3, 0.4) is 0 Å². The first-order valence-corrected chi connectivity index (χ1v) is 16.1. The average molecular weight is 644 g/mol. The van der Waals surface area contributed by atoms with Gasteiger partial charge >= 0.3 is 13.7 Å². The van der Waals surface area contributed by atoms with Crippen molar-refractivity contribution in [3.8, 4) is 5.75 Å². The SMILES string of the molecule is CNc1nc(N)nc2c1ncn2[C@@H]1O[C@](F)(COP(=O)(N[C@@H](C)C(=O)OCC(C)(C)C)Oc2cccc3ccccc23)C[C@@H]1C. The van der Waals surface area contributed by atoms with E-state index in [1.165, 1.54) is 13.3 Å². The van der Waals surface area contributed by atoms with Crippen molar-refractivity contribution in [2.24, 2.45) is 11.3 Å². The summed E-state index contributed by atoms with van der Waals surface area (Å²) in [6.07, 6.45) is 0.544. The fourth-order valence-electron chi connectivity index (χ4n) is 5.06. The van der Waals surface area contributed by atoms with Gasteiger partial charge in [0.05, 0.1) is 12.9 Å². The van der Waals surface area contributed by atoms with Crippen LogP contribution in [0, 0.1) is 11.3 Å². The molecule has 2 aromatic heterocycles. The number of aromatic nitrogens is 4. The van der Waals surface area contributed by atoms with Crippen molar-refractivity contribution in [3.05, 3.63) is 48.8 Å². The monoisotopic (exact) mass is 643 g/mol. The van der Waals surface area contributed by atoms with Gasteiger partial charge in [0.2, 0.25) is 11.8 Å². The largest absolute Gasteiger partial charge is 0.464 e. The molecule has 1 unspecified atom stereocenters. The molecule has 4 aromatic rings. The molecule has 5 atom stereocenters. The van der Waals surface area contributed by atoms with Crippen LogP contribution in [-0.4, -0.2) is 57.6 Å². The lowest BCUT2D eigenvalue weighted by molar-refractivity contribution is -0.173. The summed E-state index contributed by atoms with van der Waals surface area (Å²) < 4.78 is 55.2. The number of carbonyl (C=O) groups is 1. The summed E-state index contributed by atoms with van der Waals surface area (Å²) in [6, 6.07) is 11.5. The summed E-state index contributed by atoms with van der Waals surface area (Å²) in [5, 5.41) is 7.05. The molecule has 1 saturated heterocycles. The van der Waals surface area contributed by atoms with Gasteiger partial charge in [-0.2, -0.15) is 15.1 Å². The molecule has 15 heteroatoms. The summed E-state index contributed by atoms with van der Waals surface area (Å²) in [5.41, 5.74) is 6.41. The molecule has 0 amide bonds. The highest BCUT2D eigenvalue weighted by molar-refractivity contribution is 7.52. The number of imidazole rings is 1. The van der Waals surface area contributed by atoms with Crippen LogP contribution in [-0.2, 0) is 23.4 Å². The topological polar surface area (TPSA) is 165 Å². The highest BCUT2D eigenvalue weighted by Gasteiger charge is 2.49. The molecule has 0 saturated carbocycles. The molecule has 0 bridgehead atoms. The van der Waals surface area contributed by atoms with E-state index >= 15 is 4.39 Å². The molecule has 0 spiro atoms. The molecule has 4 N–H and O–H groups in total. The van der Waals surface area contributed by atoms with Gasteiger partial charge in [0.15, 0.2) is 17.0 Å². The van der Waals surface area contributed by atoms with Crippen LogP contribution in [0.15, 0.2) is 48.8 Å². The normalized spacial score (nSPS) is 22.3. The van der Waals surface area contributed by atoms with Gasteiger partial charge in [-0.15, -0.1) is 0 Å². The molecule has 242 valence electrons. The molecule has 1 fully saturated rings. The number of benzene rings is 2.